The Morgan fingerprint density at radius 3 is 1.98 bits per heavy atom. The fraction of sp³-hybridized carbons (Fsp3) is 0.526. The maximum atomic E-state index is 15.7. The molecule has 0 amide bonds. The minimum absolute atomic E-state index is 0.0690. The summed E-state index contributed by atoms with van der Waals surface area (Å²) in [4.78, 5) is 31.2. The van der Waals surface area contributed by atoms with E-state index in [-0.39, 0.29) is 82.3 Å². The van der Waals surface area contributed by atoms with Crippen molar-refractivity contribution in [1.29, 1.82) is 0 Å². The Labute approximate surface area is 302 Å². The predicted octanol–water partition coefficient (Wildman–Crippen LogP) is 3.99. The number of hydrogen-bond donors (Lipinski definition) is 2. The largest absolute Gasteiger partial charge is 0.496 e. The highest BCUT2D eigenvalue weighted by Crippen LogP contribution is 2.66. The Bertz CT molecular complexity index is 1710. The zero-order valence-electron chi connectivity index (χ0n) is 30.4. The molecule has 3 aromatic carbocycles. The maximum Gasteiger partial charge on any atom is 0.188 e. The van der Waals surface area contributed by atoms with Crippen molar-refractivity contribution in [2.24, 2.45) is 5.92 Å². The minimum atomic E-state index is -1.69. The first-order chi connectivity index (χ1) is 25.3. The summed E-state index contributed by atoms with van der Waals surface area (Å²) in [5.41, 5.74) is -0.567. The number of Topliss-reactive ketones (excluding diaryl/α,β-unsaturated/α-hetero) is 2. The molecule has 14 heteroatoms. The SMILES string of the molecule is COCOc1cccc2c1C(=O)[C@@H]1[C@@H]([C@@H](CCO)OCOC)c3c(c(OC)c4c(OCOC)cccc4c3OC)[C@]1(C[C@@H](CCO)OCOC)C2=O. The number of aliphatic hydroxyl groups is 2. The van der Waals surface area contributed by atoms with Crippen molar-refractivity contribution in [3.63, 3.8) is 0 Å². The van der Waals surface area contributed by atoms with E-state index in [1.807, 2.05) is 6.07 Å². The van der Waals surface area contributed by atoms with Crippen LogP contribution in [0, 0.1) is 5.92 Å². The van der Waals surface area contributed by atoms with Gasteiger partial charge in [-0.05, 0) is 31.4 Å². The zero-order chi connectivity index (χ0) is 37.4. The average Bonchev–Trinajstić information content (AvgIpc) is 3.46. The molecular formula is C38H48O14. The third-order valence-corrected chi connectivity index (χ3v) is 9.82. The summed E-state index contributed by atoms with van der Waals surface area (Å²) in [6, 6.07) is 10.2. The van der Waals surface area contributed by atoms with Crippen LogP contribution < -0.4 is 18.9 Å². The normalized spacial score (nSPS) is 20.3. The Morgan fingerprint density at radius 1 is 0.731 bits per heavy atom. The Kier molecular flexibility index (Phi) is 13.5. The number of ether oxygens (including phenoxy) is 10. The second kappa shape index (κ2) is 17.8. The van der Waals surface area contributed by atoms with Crippen LogP contribution in [0.1, 0.15) is 57.0 Å². The van der Waals surface area contributed by atoms with E-state index in [0.717, 1.165) is 0 Å². The predicted molar refractivity (Wildman–Crippen MR) is 187 cm³/mol. The van der Waals surface area contributed by atoms with Crippen LogP contribution >= 0.6 is 0 Å². The topological polar surface area (TPSA) is 167 Å². The molecule has 2 aliphatic rings. The number of carbonyl (C=O) groups excluding carboxylic acids is 2. The van der Waals surface area contributed by atoms with Crippen molar-refractivity contribution in [2.75, 3.05) is 83.0 Å². The molecule has 5 atom stereocenters. The number of carbonyl (C=O) groups is 2. The molecule has 52 heavy (non-hydrogen) atoms. The molecule has 0 unspecified atom stereocenters. The molecule has 0 saturated heterocycles. The van der Waals surface area contributed by atoms with Gasteiger partial charge in [0.2, 0.25) is 0 Å². The zero-order valence-corrected chi connectivity index (χ0v) is 30.4. The van der Waals surface area contributed by atoms with Crippen LogP contribution in [0.25, 0.3) is 10.8 Å². The molecule has 0 fully saturated rings. The van der Waals surface area contributed by atoms with Crippen molar-refractivity contribution >= 4 is 22.3 Å². The Balaban J connectivity index is 1.99. The lowest BCUT2D eigenvalue weighted by molar-refractivity contribution is -0.0975. The Hall–Kier alpha value is -3.86. The molecule has 0 radical (unpaired) electrons. The third-order valence-electron chi connectivity index (χ3n) is 9.82. The van der Waals surface area contributed by atoms with Gasteiger partial charge in [-0.25, -0.2) is 0 Å². The van der Waals surface area contributed by atoms with E-state index in [0.29, 0.717) is 33.4 Å². The van der Waals surface area contributed by atoms with Gasteiger partial charge >= 0.3 is 0 Å². The molecule has 0 aromatic heterocycles. The van der Waals surface area contributed by atoms with Crippen molar-refractivity contribution in [1.82, 2.24) is 0 Å². The van der Waals surface area contributed by atoms with Crippen molar-refractivity contribution in [3.8, 4) is 23.0 Å². The van der Waals surface area contributed by atoms with E-state index in [1.165, 1.54) is 42.7 Å². The monoisotopic (exact) mass is 728 g/mol. The quantitative estimate of drug-likeness (QED) is 0.151. The van der Waals surface area contributed by atoms with E-state index in [4.69, 9.17) is 47.4 Å². The molecule has 0 aliphatic heterocycles. The molecule has 2 N–H and O–H groups in total. The smallest absolute Gasteiger partial charge is 0.188 e. The second-order valence-electron chi connectivity index (χ2n) is 12.5. The van der Waals surface area contributed by atoms with Gasteiger partial charge in [0.05, 0.1) is 42.8 Å². The van der Waals surface area contributed by atoms with Gasteiger partial charge in [-0.2, -0.15) is 0 Å². The van der Waals surface area contributed by atoms with E-state index in [2.05, 4.69) is 0 Å². The van der Waals surface area contributed by atoms with Gasteiger partial charge in [-0.1, -0.05) is 24.3 Å². The summed E-state index contributed by atoms with van der Waals surface area (Å²) in [6.45, 7) is -1.11. The fourth-order valence-electron chi connectivity index (χ4n) is 8.05. The van der Waals surface area contributed by atoms with Gasteiger partial charge < -0.3 is 57.6 Å². The lowest BCUT2D eigenvalue weighted by Crippen LogP contribution is -2.52. The first kappa shape index (κ1) is 39.3. The number of rotatable bonds is 21. The van der Waals surface area contributed by atoms with E-state index >= 15 is 9.59 Å². The highest BCUT2D eigenvalue weighted by molar-refractivity contribution is 6.23. The molecule has 5 rings (SSSR count). The minimum Gasteiger partial charge on any atom is -0.496 e. The number of hydrogen-bond acceptors (Lipinski definition) is 14. The molecule has 3 aromatic rings. The highest BCUT2D eigenvalue weighted by atomic mass is 16.7. The summed E-state index contributed by atoms with van der Waals surface area (Å²) >= 11 is 0. The van der Waals surface area contributed by atoms with Gasteiger partial charge in [-0.15, -0.1) is 0 Å². The van der Waals surface area contributed by atoms with Crippen LogP contribution in [-0.2, 0) is 33.8 Å². The van der Waals surface area contributed by atoms with Crippen LogP contribution in [0.15, 0.2) is 36.4 Å². The highest BCUT2D eigenvalue weighted by Gasteiger charge is 2.67. The lowest BCUT2D eigenvalue weighted by atomic mass is 9.58. The molecule has 0 saturated carbocycles. The molecular weight excluding hydrogens is 680 g/mol. The fourth-order valence-corrected chi connectivity index (χ4v) is 8.05. The standard InChI is InChI=1S/C38H48O14/c1-43-18-49-22(13-15-39)17-38-32(34(41)28-24(37(38)42)10-8-11-25(28)50-19-44-2)30(27(14-16-40)52-21-46-4)31-33(38)36(48-6)29-23(35(31)47-5)9-7-12-26(29)51-20-45-3/h7-12,22,27,30,32,39-40H,13-21H2,1-6H3/t22-,27-,30+,32+,38-/m1/s1. The van der Waals surface area contributed by atoms with Gasteiger partial charge in [0.15, 0.2) is 25.2 Å². The van der Waals surface area contributed by atoms with Gasteiger partial charge in [0.25, 0.3) is 0 Å². The molecule has 2 aliphatic carbocycles. The summed E-state index contributed by atoms with van der Waals surface area (Å²) < 4.78 is 57.8. The van der Waals surface area contributed by atoms with Crippen molar-refractivity contribution in [3.05, 3.63) is 58.7 Å². The van der Waals surface area contributed by atoms with Crippen molar-refractivity contribution < 1.29 is 67.2 Å². The van der Waals surface area contributed by atoms with Crippen LogP contribution in [0.4, 0.5) is 0 Å². The number of methoxy groups -OCH3 is 6. The van der Waals surface area contributed by atoms with Gasteiger partial charge in [-0.3, -0.25) is 9.59 Å². The first-order valence-electron chi connectivity index (χ1n) is 16.9. The molecule has 0 spiro atoms. The van der Waals surface area contributed by atoms with Crippen LogP contribution in [0.5, 0.6) is 23.0 Å². The molecule has 14 nitrogen and oxygen atoms in total. The van der Waals surface area contributed by atoms with Crippen LogP contribution in [-0.4, -0.2) is 117 Å². The maximum absolute atomic E-state index is 15.7. The second-order valence-corrected chi connectivity index (χ2v) is 12.5. The number of benzene rings is 3. The average molecular weight is 729 g/mol. The first-order valence-corrected chi connectivity index (χ1v) is 16.9. The molecule has 284 valence electrons. The number of ketones is 2. The molecule has 0 heterocycles. The summed E-state index contributed by atoms with van der Waals surface area (Å²) in [7, 11) is 8.90. The summed E-state index contributed by atoms with van der Waals surface area (Å²) in [5.74, 6) is -1.64. The lowest BCUT2D eigenvalue weighted by Gasteiger charge is -2.43. The van der Waals surface area contributed by atoms with Gasteiger partial charge in [0.1, 0.15) is 36.6 Å². The van der Waals surface area contributed by atoms with E-state index < -0.39 is 41.0 Å². The van der Waals surface area contributed by atoms with Crippen LogP contribution in [0.3, 0.4) is 0 Å². The number of aliphatic hydroxyl groups excluding tert-OH is 2. The van der Waals surface area contributed by atoms with Gasteiger partial charge in [0, 0.05) is 75.6 Å². The van der Waals surface area contributed by atoms with E-state index in [1.54, 1.807) is 30.3 Å². The Morgan fingerprint density at radius 2 is 1.35 bits per heavy atom. The molecule has 0 bridgehead atoms. The van der Waals surface area contributed by atoms with Crippen molar-refractivity contribution in [2.45, 2.75) is 42.8 Å². The summed E-state index contributed by atoms with van der Waals surface area (Å²) in [6.07, 6.45) is -1.50. The summed E-state index contributed by atoms with van der Waals surface area (Å²) in [5, 5.41) is 21.7. The van der Waals surface area contributed by atoms with E-state index in [9.17, 15) is 10.2 Å². The third kappa shape index (κ3) is 6.85. The number of fused-ring (bicyclic) bond motifs is 5. The van der Waals surface area contributed by atoms with Crippen LogP contribution in [0.2, 0.25) is 0 Å².